The van der Waals surface area contributed by atoms with Crippen LogP contribution in [-0.2, 0) is 11.3 Å². The number of nitrogens with one attached hydrogen (secondary N) is 1. The fourth-order valence-corrected chi connectivity index (χ4v) is 1.87. The molecule has 0 unspecified atom stereocenters. The summed E-state index contributed by atoms with van der Waals surface area (Å²) in [5, 5.41) is 2.88. The van der Waals surface area contributed by atoms with Crippen LogP contribution in [0.25, 0.3) is 0 Å². The number of thioether (sulfide) groups is 1. The number of rotatable bonds is 5. The molecule has 0 spiro atoms. The summed E-state index contributed by atoms with van der Waals surface area (Å²) in [4.78, 5) is 15.7. The Morgan fingerprint density at radius 1 is 1.50 bits per heavy atom. The normalized spacial score (nSPS) is 11.1. The standard InChI is InChI=1S/C13H20N2O2S/c1-13(2,3)18-9-11(16)15-8-10-5-6-14-12(7-10)17-4/h5-7H,8-9H2,1-4H3,(H,15,16). The van der Waals surface area contributed by atoms with Crippen molar-refractivity contribution in [2.75, 3.05) is 12.9 Å². The molecule has 1 heterocycles. The molecule has 0 aliphatic heterocycles. The molecule has 0 aliphatic carbocycles. The Morgan fingerprint density at radius 3 is 2.83 bits per heavy atom. The fraction of sp³-hybridized carbons (Fsp3) is 0.538. The van der Waals surface area contributed by atoms with E-state index in [1.807, 2.05) is 12.1 Å². The molecule has 0 aliphatic rings. The van der Waals surface area contributed by atoms with Gasteiger partial charge in [0.2, 0.25) is 11.8 Å². The molecule has 5 heteroatoms. The Hall–Kier alpha value is -1.23. The van der Waals surface area contributed by atoms with Crippen LogP contribution in [-0.4, -0.2) is 28.5 Å². The number of carbonyl (C=O) groups excluding carboxylic acids is 1. The zero-order valence-electron chi connectivity index (χ0n) is 11.3. The molecule has 100 valence electrons. The van der Waals surface area contributed by atoms with Gasteiger partial charge in [-0.25, -0.2) is 4.98 Å². The van der Waals surface area contributed by atoms with E-state index in [0.717, 1.165) is 5.56 Å². The maximum atomic E-state index is 11.6. The minimum atomic E-state index is 0.0469. The Morgan fingerprint density at radius 2 is 2.22 bits per heavy atom. The zero-order chi connectivity index (χ0) is 13.6. The van der Waals surface area contributed by atoms with E-state index in [2.05, 4.69) is 31.1 Å². The predicted molar refractivity (Wildman–Crippen MR) is 74.8 cm³/mol. The number of pyridine rings is 1. The molecular weight excluding hydrogens is 248 g/mol. The van der Waals surface area contributed by atoms with E-state index < -0.39 is 0 Å². The summed E-state index contributed by atoms with van der Waals surface area (Å²) in [6, 6.07) is 3.68. The first-order valence-electron chi connectivity index (χ1n) is 5.80. The second-order valence-corrected chi connectivity index (χ2v) is 6.69. The summed E-state index contributed by atoms with van der Waals surface area (Å²) >= 11 is 1.64. The van der Waals surface area contributed by atoms with Gasteiger partial charge in [-0.15, -0.1) is 11.8 Å². The second-order valence-electron chi connectivity index (χ2n) is 4.88. The molecule has 0 aromatic carbocycles. The van der Waals surface area contributed by atoms with E-state index in [9.17, 15) is 4.79 Å². The summed E-state index contributed by atoms with van der Waals surface area (Å²) in [6.45, 7) is 6.79. The molecule has 1 aromatic heterocycles. The van der Waals surface area contributed by atoms with Crippen molar-refractivity contribution in [1.82, 2.24) is 10.3 Å². The van der Waals surface area contributed by atoms with Gasteiger partial charge < -0.3 is 10.1 Å². The SMILES string of the molecule is COc1cc(CNC(=O)CSC(C)(C)C)ccn1. The average molecular weight is 268 g/mol. The van der Waals surface area contributed by atoms with Crippen LogP contribution in [0.3, 0.4) is 0 Å². The summed E-state index contributed by atoms with van der Waals surface area (Å²) in [6.07, 6.45) is 1.67. The van der Waals surface area contributed by atoms with Gasteiger partial charge in [0.1, 0.15) is 0 Å². The minimum absolute atomic E-state index is 0.0469. The average Bonchev–Trinajstić information content (AvgIpc) is 2.33. The van der Waals surface area contributed by atoms with Crippen LogP contribution >= 0.6 is 11.8 Å². The van der Waals surface area contributed by atoms with Crippen molar-refractivity contribution in [2.24, 2.45) is 0 Å². The minimum Gasteiger partial charge on any atom is -0.481 e. The lowest BCUT2D eigenvalue weighted by Crippen LogP contribution is -2.26. The van der Waals surface area contributed by atoms with E-state index in [1.165, 1.54) is 0 Å². The Kier molecular flexibility index (Phi) is 5.47. The molecule has 18 heavy (non-hydrogen) atoms. The molecule has 4 nitrogen and oxygen atoms in total. The molecular formula is C13H20N2O2S. The van der Waals surface area contributed by atoms with Gasteiger partial charge in [-0.05, 0) is 11.6 Å². The van der Waals surface area contributed by atoms with Crippen LogP contribution in [0.4, 0.5) is 0 Å². The first-order chi connectivity index (χ1) is 8.40. The lowest BCUT2D eigenvalue weighted by molar-refractivity contribution is -0.118. The number of amides is 1. The summed E-state index contributed by atoms with van der Waals surface area (Å²) in [5.74, 6) is 1.09. The second kappa shape index (κ2) is 6.64. The van der Waals surface area contributed by atoms with Crippen LogP contribution in [0.5, 0.6) is 5.88 Å². The highest BCUT2D eigenvalue weighted by atomic mass is 32.2. The van der Waals surface area contributed by atoms with Crippen molar-refractivity contribution in [3.8, 4) is 5.88 Å². The molecule has 0 bridgehead atoms. The highest BCUT2D eigenvalue weighted by molar-refractivity contribution is 8.01. The van der Waals surface area contributed by atoms with Gasteiger partial charge in [0, 0.05) is 23.6 Å². The third-order valence-corrected chi connectivity index (χ3v) is 3.41. The maximum absolute atomic E-state index is 11.6. The Labute approximate surface area is 113 Å². The van der Waals surface area contributed by atoms with Crippen molar-refractivity contribution in [3.05, 3.63) is 23.9 Å². The Bertz CT molecular complexity index is 402. The van der Waals surface area contributed by atoms with Crippen molar-refractivity contribution in [1.29, 1.82) is 0 Å². The number of hydrogen-bond donors (Lipinski definition) is 1. The van der Waals surface area contributed by atoms with Crippen molar-refractivity contribution in [2.45, 2.75) is 32.1 Å². The summed E-state index contributed by atoms with van der Waals surface area (Å²) in [7, 11) is 1.57. The van der Waals surface area contributed by atoms with Crippen LogP contribution in [0.15, 0.2) is 18.3 Å². The van der Waals surface area contributed by atoms with Crippen molar-refractivity contribution < 1.29 is 9.53 Å². The van der Waals surface area contributed by atoms with E-state index in [-0.39, 0.29) is 10.7 Å². The molecule has 0 radical (unpaired) electrons. The molecule has 1 aromatic rings. The summed E-state index contributed by atoms with van der Waals surface area (Å²) in [5.41, 5.74) is 0.982. The first kappa shape index (κ1) is 14.8. The fourth-order valence-electron chi connectivity index (χ4n) is 1.21. The molecule has 1 rings (SSSR count). The van der Waals surface area contributed by atoms with Gasteiger partial charge in [-0.2, -0.15) is 0 Å². The highest BCUT2D eigenvalue weighted by Gasteiger charge is 2.13. The quantitative estimate of drug-likeness (QED) is 0.890. The molecule has 0 saturated heterocycles. The monoisotopic (exact) mass is 268 g/mol. The first-order valence-corrected chi connectivity index (χ1v) is 6.79. The largest absolute Gasteiger partial charge is 0.481 e. The van der Waals surface area contributed by atoms with Crippen molar-refractivity contribution in [3.63, 3.8) is 0 Å². The van der Waals surface area contributed by atoms with Gasteiger partial charge in [-0.3, -0.25) is 4.79 Å². The van der Waals surface area contributed by atoms with Crippen LogP contribution in [0, 0.1) is 0 Å². The van der Waals surface area contributed by atoms with E-state index >= 15 is 0 Å². The van der Waals surface area contributed by atoms with E-state index in [0.29, 0.717) is 18.2 Å². The number of nitrogens with zero attached hydrogens (tertiary/aromatic N) is 1. The number of hydrogen-bond acceptors (Lipinski definition) is 4. The molecule has 0 fully saturated rings. The van der Waals surface area contributed by atoms with Gasteiger partial charge in [0.25, 0.3) is 0 Å². The topological polar surface area (TPSA) is 51.2 Å². The Balaban J connectivity index is 2.38. The third kappa shape index (κ3) is 5.91. The van der Waals surface area contributed by atoms with Gasteiger partial charge >= 0.3 is 0 Å². The van der Waals surface area contributed by atoms with Crippen LogP contribution in [0.2, 0.25) is 0 Å². The van der Waals surface area contributed by atoms with Crippen LogP contribution in [0.1, 0.15) is 26.3 Å². The van der Waals surface area contributed by atoms with Gasteiger partial charge in [0.15, 0.2) is 0 Å². The molecule has 0 saturated carbocycles. The number of aromatic nitrogens is 1. The molecule has 1 N–H and O–H groups in total. The smallest absolute Gasteiger partial charge is 0.230 e. The van der Waals surface area contributed by atoms with E-state index in [4.69, 9.17) is 4.74 Å². The molecule has 1 amide bonds. The lowest BCUT2D eigenvalue weighted by atomic mass is 10.2. The lowest BCUT2D eigenvalue weighted by Gasteiger charge is -2.17. The maximum Gasteiger partial charge on any atom is 0.230 e. The number of methoxy groups -OCH3 is 1. The predicted octanol–water partition coefficient (Wildman–Crippen LogP) is 2.24. The van der Waals surface area contributed by atoms with Crippen molar-refractivity contribution >= 4 is 17.7 Å². The number of ether oxygens (including phenoxy) is 1. The molecule has 0 atom stereocenters. The summed E-state index contributed by atoms with van der Waals surface area (Å²) < 4.78 is 5.13. The van der Waals surface area contributed by atoms with E-state index in [1.54, 1.807) is 25.1 Å². The third-order valence-electron chi connectivity index (χ3n) is 2.13. The zero-order valence-corrected chi connectivity index (χ0v) is 12.1. The number of carbonyl (C=O) groups is 1. The van der Waals surface area contributed by atoms with Gasteiger partial charge in [0.05, 0.1) is 12.9 Å². The highest BCUT2D eigenvalue weighted by Crippen LogP contribution is 2.22. The van der Waals surface area contributed by atoms with Gasteiger partial charge in [-0.1, -0.05) is 20.8 Å². The van der Waals surface area contributed by atoms with Crippen LogP contribution < -0.4 is 10.1 Å².